The van der Waals surface area contributed by atoms with Gasteiger partial charge < -0.3 is 10.2 Å². The van der Waals surface area contributed by atoms with Crippen LogP contribution in [-0.2, 0) is 13.0 Å². The topological polar surface area (TPSA) is 18.5 Å². The van der Waals surface area contributed by atoms with Gasteiger partial charge >= 0.3 is 0 Å². The van der Waals surface area contributed by atoms with Crippen molar-refractivity contribution in [3.8, 4) is 0 Å². The van der Waals surface area contributed by atoms with Crippen LogP contribution >= 0.6 is 0 Å². The van der Waals surface area contributed by atoms with Crippen LogP contribution in [0.2, 0.25) is 0 Å². The second-order valence-electron chi connectivity index (χ2n) is 5.95. The third kappa shape index (κ3) is 3.28. The van der Waals surface area contributed by atoms with Crippen molar-refractivity contribution in [3.63, 3.8) is 0 Å². The third-order valence-electron chi connectivity index (χ3n) is 4.33. The van der Waals surface area contributed by atoms with Crippen LogP contribution < -0.4 is 5.32 Å². The molecule has 0 radical (unpaired) electrons. The first-order valence-electron chi connectivity index (χ1n) is 7.58. The van der Waals surface area contributed by atoms with Gasteiger partial charge in [-0.2, -0.15) is 0 Å². The van der Waals surface area contributed by atoms with Crippen LogP contribution in [0.25, 0.3) is 0 Å². The second kappa shape index (κ2) is 5.93. The van der Waals surface area contributed by atoms with Crippen LogP contribution in [0.15, 0.2) is 18.2 Å². The molecule has 0 spiro atoms. The predicted octanol–water partition coefficient (Wildman–Crippen LogP) is 2.18. The number of hydrogen-bond donors (Lipinski definition) is 1. The van der Waals surface area contributed by atoms with Crippen LogP contribution in [0.1, 0.15) is 24.0 Å². The first-order chi connectivity index (χ1) is 9.31. The molecule has 0 aromatic heterocycles. The zero-order valence-corrected chi connectivity index (χ0v) is 12.0. The Hall–Kier alpha value is -1.06. The SMILES string of the molecule is CN1CCCN(Cc2ccc3c(c2)CCCN3)CC1. The molecule has 0 amide bonds. The average molecular weight is 259 g/mol. The van der Waals surface area contributed by atoms with E-state index in [1.807, 2.05) is 0 Å². The molecule has 1 saturated heterocycles. The molecule has 2 aliphatic heterocycles. The lowest BCUT2D eigenvalue weighted by atomic mass is 10.0. The molecule has 0 bridgehead atoms. The fraction of sp³-hybridized carbons (Fsp3) is 0.625. The molecule has 3 rings (SSSR count). The Labute approximate surface area is 116 Å². The van der Waals surface area contributed by atoms with Crippen molar-refractivity contribution in [1.82, 2.24) is 9.80 Å². The molecule has 1 N–H and O–H groups in total. The largest absolute Gasteiger partial charge is 0.385 e. The van der Waals surface area contributed by atoms with E-state index in [2.05, 4.69) is 40.4 Å². The summed E-state index contributed by atoms with van der Waals surface area (Å²) in [4.78, 5) is 5.04. The van der Waals surface area contributed by atoms with Crippen LogP contribution in [0.5, 0.6) is 0 Å². The number of nitrogens with zero attached hydrogens (tertiary/aromatic N) is 2. The Morgan fingerprint density at radius 3 is 3.00 bits per heavy atom. The van der Waals surface area contributed by atoms with Crippen LogP contribution in [0.4, 0.5) is 5.69 Å². The second-order valence-corrected chi connectivity index (χ2v) is 5.95. The van der Waals surface area contributed by atoms with Crippen molar-refractivity contribution in [2.24, 2.45) is 0 Å². The summed E-state index contributed by atoms with van der Waals surface area (Å²) in [6.07, 6.45) is 3.80. The highest BCUT2D eigenvalue weighted by Crippen LogP contribution is 2.23. The van der Waals surface area contributed by atoms with Gasteiger partial charge in [0, 0.05) is 31.9 Å². The van der Waals surface area contributed by atoms with E-state index < -0.39 is 0 Å². The molecule has 19 heavy (non-hydrogen) atoms. The lowest BCUT2D eigenvalue weighted by molar-refractivity contribution is 0.269. The summed E-state index contributed by atoms with van der Waals surface area (Å²) in [6.45, 7) is 7.12. The van der Waals surface area contributed by atoms with Crippen molar-refractivity contribution in [1.29, 1.82) is 0 Å². The normalized spacial score (nSPS) is 21.5. The quantitative estimate of drug-likeness (QED) is 0.878. The average Bonchev–Trinajstić information content (AvgIpc) is 2.64. The minimum atomic E-state index is 1.11. The number of rotatable bonds is 2. The van der Waals surface area contributed by atoms with Crippen LogP contribution in [-0.4, -0.2) is 49.6 Å². The minimum absolute atomic E-state index is 1.11. The summed E-state index contributed by atoms with van der Waals surface area (Å²) >= 11 is 0. The molecule has 1 aromatic carbocycles. The van der Waals surface area contributed by atoms with E-state index in [-0.39, 0.29) is 0 Å². The third-order valence-corrected chi connectivity index (χ3v) is 4.33. The summed E-state index contributed by atoms with van der Waals surface area (Å²) in [5, 5.41) is 3.49. The predicted molar refractivity (Wildman–Crippen MR) is 80.6 cm³/mol. The van der Waals surface area contributed by atoms with Crippen LogP contribution in [0, 0.1) is 0 Å². The molecule has 2 aliphatic rings. The Kier molecular flexibility index (Phi) is 4.04. The van der Waals surface area contributed by atoms with Crippen molar-refractivity contribution in [3.05, 3.63) is 29.3 Å². The van der Waals surface area contributed by atoms with Gasteiger partial charge in [0.1, 0.15) is 0 Å². The fourth-order valence-electron chi connectivity index (χ4n) is 3.14. The van der Waals surface area contributed by atoms with Crippen molar-refractivity contribution in [2.75, 3.05) is 45.1 Å². The summed E-state index contributed by atoms with van der Waals surface area (Å²) in [6, 6.07) is 6.98. The van der Waals surface area contributed by atoms with Crippen molar-refractivity contribution < 1.29 is 0 Å². The number of fused-ring (bicyclic) bond motifs is 1. The van der Waals surface area contributed by atoms with E-state index in [0.29, 0.717) is 0 Å². The van der Waals surface area contributed by atoms with Gasteiger partial charge in [-0.05, 0) is 56.6 Å². The fourth-order valence-corrected chi connectivity index (χ4v) is 3.14. The molecule has 1 aromatic rings. The standard InChI is InChI=1S/C16H25N3/c1-18-8-3-9-19(11-10-18)13-14-5-6-16-15(12-14)4-2-7-17-16/h5-6,12,17H,2-4,7-11,13H2,1H3. The lowest BCUT2D eigenvalue weighted by Crippen LogP contribution is -2.28. The Bertz CT molecular complexity index is 430. The molecule has 1 fully saturated rings. The maximum atomic E-state index is 3.49. The molecule has 0 saturated carbocycles. The minimum Gasteiger partial charge on any atom is -0.385 e. The van der Waals surface area contributed by atoms with Gasteiger partial charge in [-0.1, -0.05) is 12.1 Å². The molecular weight excluding hydrogens is 234 g/mol. The number of anilines is 1. The Morgan fingerprint density at radius 2 is 2.05 bits per heavy atom. The Morgan fingerprint density at radius 1 is 1.11 bits per heavy atom. The monoisotopic (exact) mass is 259 g/mol. The van der Waals surface area contributed by atoms with E-state index in [9.17, 15) is 0 Å². The van der Waals surface area contributed by atoms with Crippen LogP contribution in [0.3, 0.4) is 0 Å². The summed E-state index contributed by atoms with van der Waals surface area (Å²) in [5.74, 6) is 0. The van der Waals surface area contributed by atoms with Gasteiger partial charge in [0.25, 0.3) is 0 Å². The molecule has 3 nitrogen and oxygen atoms in total. The zero-order chi connectivity index (χ0) is 13.1. The van der Waals surface area contributed by atoms with Gasteiger partial charge in [-0.3, -0.25) is 4.90 Å². The highest BCUT2D eigenvalue weighted by atomic mass is 15.2. The number of hydrogen-bond acceptors (Lipinski definition) is 3. The van der Waals surface area contributed by atoms with Gasteiger partial charge in [0.2, 0.25) is 0 Å². The Balaban J connectivity index is 1.66. The molecule has 104 valence electrons. The number of likely N-dealkylation sites (N-methyl/N-ethyl adjacent to an activating group) is 1. The van der Waals surface area contributed by atoms with Gasteiger partial charge in [-0.15, -0.1) is 0 Å². The van der Waals surface area contributed by atoms with E-state index in [0.717, 1.165) is 13.1 Å². The van der Waals surface area contributed by atoms with Crippen molar-refractivity contribution in [2.45, 2.75) is 25.8 Å². The lowest BCUT2D eigenvalue weighted by Gasteiger charge is -2.22. The van der Waals surface area contributed by atoms with E-state index >= 15 is 0 Å². The maximum Gasteiger partial charge on any atom is 0.0372 e. The summed E-state index contributed by atoms with van der Waals surface area (Å²) in [7, 11) is 2.23. The zero-order valence-electron chi connectivity index (χ0n) is 12.0. The molecular formula is C16H25N3. The van der Waals surface area contributed by atoms with E-state index in [4.69, 9.17) is 0 Å². The molecule has 0 atom stereocenters. The van der Waals surface area contributed by atoms with E-state index in [1.165, 1.54) is 62.3 Å². The molecule has 0 unspecified atom stereocenters. The highest BCUT2D eigenvalue weighted by molar-refractivity contribution is 5.54. The molecule has 0 aliphatic carbocycles. The highest BCUT2D eigenvalue weighted by Gasteiger charge is 2.14. The van der Waals surface area contributed by atoms with E-state index in [1.54, 1.807) is 0 Å². The van der Waals surface area contributed by atoms with Gasteiger partial charge in [0.15, 0.2) is 0 Å². The summed E-state index contributed by atoms with van der Waals surface area (Å²) in [5.41, 5.74) is 4.34. The first kappa shape index (κ1) is 12.9. The van der Waals surface area contributed by atoms with Crippen molar-refractivity contribution >= 4 is 5.69 Å². The number of benzene rings is 1. The summed E-state index contributed by atoms with van der Waals surface area (Å²) < 4.78 is 0. The van der Waals surface area contributed by atoms with Gasteiger partial charge in [0.05, 0.1) is 0 Å². The number of nitrogens with one attached hydrogen (secondary N) is 1. The van der Waals surface area contributed by atoms with Gasteiger partial charge in [-0.25, -0.2) is 0 Å². The molecule has 2 heterocycles. The first-order valence-corrected chi connectivity index (χ1v) is 7.58. The maximum absolute atomic E-state index is 3.49. The molecule has 3 heteroatoms. The number of aryl methyl sites for hydroxylation is 1. The smallest absolute Gasteiger partial charge is 0.0372 e.